The van der Waals surface area contributed by atoms with Crippen LogP contribution in [0.4, 0.5) is 10.1 Å². The van der Waals surface area contributed by atoms with E-state index in [-0.39, 0.29) is 18.0 Å². The normalized spacial score (nSPS) is 19.6. The Kier molecular flexibility index (Phi) is 3.84. The molecule has 94 valence electrons. The molecule has 1 aliphatic heterocycles. The van der Waals surface area contributed by atoms with Gasteiger partial charge in [0.1, 0.15) is 11.6 Å². The van der Waals surface area contributed by atoms with Crippen molar-refractivity contribution in [2.45, 2.75) is 32.4 Å². The van der Waals surface area contributed by atoms with Crippen molar-refractivity contribution in [3.63, 3.8) is 0 Å². The average molecular weight is 239 g/mol. The fraction of sp³-hybridized carbons (Fsp3) is 0.538. The summed E-state index contributed by atoms with van der Waals surface area (Å²) in [5.41, 5.74) is 0.511. The van der Waals surface area contributed by atoms with Crippen molar-refractivity contribution in [3.05, 3.63) is 24.0 Å². The molecule has 1 saturated heterocycles. The summed E-state index contributed by atoms with van der Waals surface area (Å²) in [5, 5.41) is 3.13. The molecule has 1 aromatic rings. The van der Waals surface area contributed by atoms with Crippen molar-refractivity contribution in [1.82, 2.24) is 0 Å². The molecule has 1 aliphatic rings. The van der Waals surface area contributed by atoms with Gasteiger partial charge in [0.05, 0.1) is 24.4 Å². The van der Waals surface area contributed by atoms with Crippen LogP contribution in [0.5, 0.6) is 5.75 Å². The SMILES string of the molecule is CC(C)Oc1ccc(N[C@@H]2CCOC2)c(F)c1. The largest absolute Gasteiger partial charge is 0.491 e. The Morgan fingerprint density at radius 1 is 1.47 bits per heavy atom. The highest BCUT2D eigenvalue weighted by molar-refractivity contribution is 5.48. The molecular formula is C13H18FNO2. The van der Waals surface area contributed by atoms with Crippen LogP contribution in [0.25, 0.3) is 0 Å². The number of halogens is 1. The maximum absolute atomic E-state index is 13.8. The van der Waals surface area contributed by atoms with Gasteiger partial charge in [0.25, 0.3) is 0 Å². The maximum atomic E-state index is 13.8. The molecule has 1 N–H and O–H groups in total. The molecule has 0 radical (unpaired) electrons. The number of benzene rings is 1. The summed E-state index contributed by atoms with van der Waals surface area (Å²) in [6.07, 6.45) is 0.973. The molecule has 0 spiro atoms. The molecule has 0 bridgehead atoms. The highest BCUT2D eigenvalue weighted by Crippen LogP contribution is 2.23. The second-order valence-electron chi connectivity index (χ2n) is 4.51. The van der Waals surface area contributed by atoms with Crippen molar-refractivity contribution < 1.29 is 13.9 Å². The summed E-state index contributed by atoms with van der Waals surface area (Å²) in [6, 6.07) is 5.12. The van der Waals surface area contributed by atoms with E-state index in [1.807, 2.05) is 13.8 Å². The minimum atomic E-state index is -0.282. The van der Waals surface area contributed by atoms with Crippen molar-refractivity contribution in [3.8, 4) is 5.75 Å². The molecule has 1 atom stereocenters. The summed E-state index contributed by atoms with van der Waals surface area (Å²) in [5.74, 6) is 0.278. The van der Waals surface area contributed by atoms with Gasteiger partial charge in [-0.2, -0.15) is 0 Å². The Hall–Kier alpha value is -1.29. The molecule has 17 heavy (non-hydrogen) atoms. The Labute approximate surface area is 101 Å². The highest BCUT2D eigenvalue weighted by Gasteiger charge is 2.16. The Balaban J connectivity index is 2.03. The van der Waals surface area contributed by atoms with E-state index in [0.717, 1.165) is 13.0 Å². The van der Waals surface area contributed by atoms with E-state index in [4.69, 9.17) is 9.47 Å². The van der Waals surface area contributed by atoms with Crippen LogP contribution < -0.4 is 10.1 Å². The van der Waals surface area contributed by atoms with Crippen LogP contribution in [0.1, 0.15) is 20.3 Å². The van der Waals surface area contributed by atoms with Crippen LogP contribution in [-0.4, -0.2) is 25.4 Å². The van der Waals surface area contributed by atoms with Crippen LogP contribution in [0.15, 0.2) is 18.2 Å². The number of hydrogen-bond acceptors (Lipinski definition) is 3. The molecule has 4 heteroatoms. The topological polar surface area (TPSA) is 30.5 Å². The van der Waals surface area contributed by atoms with Gasteiger partial charge < -0.3 is 14.8 Å². The van der Waals surface area contributed by atoms with Gasteiger partial charge in [-0.3, -0.25) is 0 Å². The molecule has 1 heterocycles. The predicted molar refractivity (Wildman–Crippen MR) is 65.0 cm³/mol. The number of nitrogens with one attached hydrogen (secondary N) is 1. The second kappa shape index (κ2) is 5.36. The summed E-state index contributed by atoms with van der Waals surface area (Å²) in [7, 11) is 0. The summed E-state index contributed by atoms with van der Waals surface area (Å²) in [4.78, 5) is 0. The Morgan fingerprint density at radius 3 is 2.88 bits per heavy atom. The molecule has 0 amide bonds. The first-order chi connectivity index (χ1) is 8.15. The Bertz CT molecular complexity index is 376. The first-order valence-corrected chi connectivity index (χ1v) is 5.95. The average Bonchev–Trinajstić information content (AvgIpc) is 2.74. The zero-order valence-electron chi connectivity index (χ0n) is 10.2. The number of rotatable bonds is 4. The van der Waals surface area contributed by atoms with E-state index in [0.29, 0.717) is 18.0 Å². The quantitative estimate of drug-likeness (QED) is 0.876. The standard InChI is InChI=1S/C13H18FNO2/c1-9(2)17-11-3-4-13(12(14)7-11)15-10-5-6-16-8-10/h3-4,7,9-10,15H,5-6,8H2,1-2H3/t10-/m1/s1. The maximum Gasteiger partial charge on any atom is 0.149 e. The molecule has 0 unspecified atom stereocenters. The van der Waals surface area contributed by atoms with Crippen LogP contribution >= 0.6 is 0 Å². The van der Waals surface area contributed by atoms with Crippen molar-refractivity contribution in [2.75, 3.05) is 18.5 Å². The van der Waals surface area contributed by atoms with E-state index < -0.39 is 0 Å². The van der Waals surface area contributed by atoms with Crippen molar-refractivity contribution in [2.24, 2.45) is 0 Å². The van der Waals surface area contributed by atoms with E-state index in [1.54, 1.807) is 12.1 Å². The van der Waals surface area contributed by atoms with Crippen molar-refractivity contribution >= 4 is 5.69 Å². The predicted octanol–water partition coefficient (Wildman–Crippen LogP) is 2.81. The molecule has 2 rings (SSSR count). The minimum Gasteiger partial charge on any atom is -0.491 e. The van der Waals surface area contributed by atoms with Gasteiger partial charge in [-0.25, -0.2) is 4.39 Å². The third-order valence-electron chi connectivity index (χ3n) is 2.60. The zero-order chi connectivity index (χ0) is 12.3. The molecule has 1 aromatic carbocycles. The molecule has 0 aromatic heterocycles. The van der Waals surface area contributed by atoms with Crippen LogP contribution in [-0.2, 0) is 4.74 Å². The monoisotopic (exact) mass is 239 g/mol. The van der Waals surface area contributed by atoms with E-state index in [2.05, 4.69) is 5.32 Å². The lowest BCUT2D eigenvalue weighted by atomic mass is 10.2. The molecular weight excluding hydrogens is 221 g/mol. The fourth-order valence-corrected chi connectivity index (χ4v) is 1.83. The van der Waals surface area contributed by atoms with Gasteiger partial charge in [-0.05, 0) is 32.4 Å². The molecule has 3 nitrogen and oxygen atoms in total. The number of hydrogen-bond donors (Lipinski definition) is 1. The van der Waals surface area contributed by atoms with Crippen LogP contribution in [0.3, 0.4) is 0 Å². The zero-order valence-corrected chi connectivity index (χ0v) is 10.2. The first kappa shape index (κ1) is 12.2. The minimum absolute atomic E-state index is 0.0523. The number of ether oxygens (including phenoxy) is 2. The van der Waals surface area contributed by atoms with Crippen LogP contribution in [0, 0.1) is 5.82 Å². The van der Waals surface area contributed by atoms with E-state index in [9.17, 15) is 4.39 Å². The van der Waals surface area contributed by atoms with Gasteiger partial charge in [-0.15, -0.1) is 0 Å². The van der Waals surface area contributed by atoms with Crippen molar-refractivity contribution in [1.29, 1.82) is 0 Å². The smallest absolute Gasteiger partial charge is 0.149 e. The third kappa shape index (κ3) is 3.33. The molecule has 0 saturated carbocycles. The van der Waals surface area contributed by atoms with Gasteiger partial charge in [-0.1, -0.05) is 0 Å². The van der Waals surface area contributed by atoms with Gasteiger partial charge in [0.2, 0.25) is 0 Å². The second-order valence-corrected chi connectivity index (χ2v) is 4.51. The van der Waals surface area contributed by atoms with E-state index >= 15 is 0 Å². The Morgan fingerprint density at radius 2 is 2.29 bits per heavy atom. The highest BCUT2D eigenvalue weighted by atomic mass is 19.1. The summed E-state index contributed by atoms with van der Waals surface area (Å²) < 4.78 is 24.4. The molecule has 0 aliphatic carbocycles. The van der Waals surface area contributed by atoms with Gasteiger partial charge >= 0.3 is 0 Å². The molecule has 1 fully saturated rings. The van der Waals surface area contributed by atoms with Crippen LogP contribution in [0.2, 0.25) is 0 Å². The lowest BCUT2D eigenvalue weighted by Gasteiger charge is -2.15. The third-order valence-corrected chi connectivity index (χ3v) is 2.60. The lowest BCUT2D eigenvalue weighted by Crippen LogP contribution is -2.19. The first-order valence-electron chi connectivity index (χ1n) is 5.95. The fourth-order valence-electron chi connectivity index (χ4n) is 1.83. The summed E-state index contributed by atoms with van der Waals surface area (Å²) in [6.45, 7) is 5.22. The lowest BCUT2D eigenvalue weighted by molar-refractivity contribution is 0.195. The van der Waals surface area contributed by atoms with E-state index in [1.165, 1.54) is 6.07 Å². The summed E-state index contributed by atoms with van der Waals surface area (Å²) >= 11 is 0. The van der Waals surface area contributed by atoms with Gasteiger partial charge in [0.15, 0.2) is 0 Å². The van der Waals surface area contributed by atoms with Gasteiger partial charge in [0, 0.05) is 12.7 Å². The number of anilines is 1.